The second kappa shape index (κ2) is 11.4. The molecule has 1 N–H and O–H groups in total. The van der Waals surface area contributed by atoms with Crippen LogP contribution in [0.2, 0.25) is 0 Å². The highest BCUT2D eigenvalue weighted by atomic mass is 32.2. The van der Waals surface area contributed by atoms with Crippen LogP contribution in [0.4, 0.5) is 0 Å². The molecule has 4 rings (SSSR count). The number of ether oxygens (including phenoxy) is 1. The van der Waals surface area contributed by atoms with E-state index in [1.54, 1.807) is 23.1 Å². The van der Waals surface area contributed by atoms with Crippen LogP contribution in [0, 0.1) is 0 Å². The minimum atomic E-state index is 0.109. The first kappa shape index (κ1) is 22.0. The van der Waals surface area contributed by atoms with Crippen molar-refractivity contribution in [3.63, 3.8) is 0 Å². The van der Waals surface area contributed by atoms with Crippen LogP contribution in [0.15, 0.2) is 53.0 Å². The van der Waals surface area contributed by atoms with Crippen molar-refractivity contribution in [1.82, 2.24) is 25.0 Å². The second-order valence-corrected chi connectivity index (χ2v) is 9.22. The third-order valence-electron chi connectivity index (χ3n) is 5.02. The standard InChI is InChI=1S/C22H27N5O2S2/c28-20(23-10-11-26-12-14-29-15-13-26)9-5-17-31-22-25-24-21(19-8-4-16-30-19)27(22)18-6-2-1-3-7-18/h1-4,6-8,16H,5,9-15,17H2,(H,23,28). The first-order valence-electron chi connectivity index (χ1n) is 10.6. The molecule has 1 saturated heterocycles. The molecule has 164 valence electrons. The number of thioether (sulfide) groups is 1. The highest BCUT2D eigenvalue weighted by Crippen LogP contribution is 2.30. The fourth-order valence-corrected chi connectivity index (χ4v) is 4.99. The second-order valence-electron chi connectivity index (χ2n) is 7.21. The summed E-state index contributed by atoms with van der Waals surface area (Å²) in [5, 5.41) is 14.8. The van der Waals surface area contributed by atoms with Crippen molar-refractivity contribution in [2.45, 2.75) is 18.0 Å². The molecule has 1 aliphatic heterocycles. The maximum Gasteiger partial charge on any atom is 0.220 e. The zero-order valence-corrected chi connectivity index (χ0v) is 19.0. The van der Waals surface area contributed by atoms with Crippen molar-refractivity contribution in [2.75, 3.05) is 45.1 Å². The molecule has 0 spiro atoms. The van der Waals surface area contributed by atoms with Crippen LogP contribution in [0.3, 0.4) is 0 Å². The van der Waals surface area contributed by atoms with Gasteiger partial charge in [-0.3, -0.25) is 14.3 Å². The molecule has 0 aliphatic carbocycles. The summed E-state index contributed by atoms with van der Waals surface area (Å²) in [6.07, 6.45) is 1.32. The van der Waals surface area contributed by atoms with E-state index in [1.807, 2.05) is 29.6 Å². The summed E-state index contributed by atoms with van der Waals surface area (Å²) in [5.41, 5.74) is 1.04. The van der Waals surface area contributed by atoms with Gasteiger partial charge in [-0.25, -0.2) is 0 Å². The Morgan fingerprint density at radius 2 is 1.97 bits per heavy atom. The summed E-state index contributed by atoms with van der Waals surface area (Å²) in [7, 11) is 0. The maximum absolute atomic E-state index is 12.1. The highest BCUT2D eigenvalue weighted by Gasteiger charge is 2.17. The van der Waals surface area contributed by atoms with Gasteiger partial charge in [0.05, 0.1) is 18.1 Å². The molecule has 0 atom stereocenters. The quantitative estimate of drug-likeness (QED) is 0.372. The Morgan fingerprint density at radius 3 is 2.74 bits per heavy atom. The average Bonchev–Trinajstić information content (AvgIpc) is 3.48. The number of aromatic nitrogens is 3. The number of nitrogens with one attached hydrogen (secondary N) is 1. The number of nitrogens with zero attached hydrogens (tertiary/aromatic N) is 4. The van der Waals surface area contributed by atoms with Gasteiger partial charge in [-0.15, -0.1) is 21.5 Å². The van der Waals surface area contributed by atoms with Crippen molar-refractivity contribution >= 4 is 29.0 Å². The lowest BCUT2D eigenvalue weighted by Gasteiger charge is -2.26. The SMILES string of the molecule is O=C(CCCSc1nnc(-c2cccs2)n1-c1ccccc1)NCCN1CCOCC1. The van der Waals surface area contributed by atoms with Crippen LogP contribution in [-0.2, 0) is 9.53 Å². The predicted octanol–water partition coefficient (Wildman–Crippen LogP) is 3.32. The summed E-state index contributed by atoms with van der Waals surface area (Å²) in [6, 6.07) is 14.2. The van der Waals surface area contributed by atoms with Crippen molar-refractivity contribution in [2.24, 2.45) is 0 Å². The van der Waals surface area contributed by atoms with Crippen LogP contribution in [0.25, 0.3) is 16.4 Å². The normalized spacial score (nSPS) is 14.6. The van der Waals surface area contributed by atoms with Crippen LogP contribution in [0.5, 0.6) is 0 Å². The van der Waals surface area contributed by atoms with E-state index in [-0.39, 0.29) is 5.91 Å². The van der Waals surface area contributed by atoms with Gasteiger partial charge in [-0.2, -0.15) is 0 Å². The van der Waals surface area contributed by atoms with E-state index in [2.05, 4.69) is 43.2 Å². The van der Waals surface area contributed by atoms with E-state index in [9.17, 15) is 4.79 Å². The lowest BCUT2D eigenvalue weighted by Crippen LogP contribution is -2.41. The van der Waals surface area contributed by atoms with Gasteiger partial charge in [-0.05, 0) is 30.0 Å². The largest absolute Gasteiger partial charge is 0.379 e. The Bertz CT molecular complexity index is 940. The fraction of sp³-hybridized carbons (Fsp3) is 0.409. The summed E-state index contributed by atoms with van der Waals surface area (Å²) in [5.74, 6) is 1.77. The monoisotopic (exact) mass is 457 g/mol. The van der Waals surface area contributed by atoms with Gasteiger partial charge in [0.2, 0.25) is 5.91 Å². The molecular formula is C22H27N5O2S2. The van der Waals surface area contributed by atoms with Crippen LogP contribution in [-0.4, -0.2) is 70.7 Å². The lowest BCUT2D eigenvalue weighted by atomic mass is 10.3. The Kier molecular flexibility index (Phi) is 8.11. The Balaban J connectivity index is 1.27. The van der Waals surface area contributed by atoms with Crippen LogP contribution in [0.1, 0.15) is 12.8 Å². The zero-order valence-electron chi connectivity index (χ0n) is 17.4. The van der Waals surface area contributed by atoms with E-state index in [4.69, 9.17) is 4.74 Å². The number of rotatable bonds is 10. The molecule has 9 heteroatoms. The molecule has 0 unspecified atom stereocenters. The molecule has 1 aromatic carbocycles. The van der Waals surface area contributed by atoms with E-state index in [0.29, 0.717) is 13.0 Å². The van der Waals surface area contributed by atoms with Gasteiger partial charge in [0.25, 0.3) is 0 Å². The number of thiophene rings is 1. The van der Waals surface area contributed by atoms with Crippen molar-refractivity contribution in [1.29, 1.82) is 0 Å². The van der Waals surface area contributed by atoms with Crippen molar-refractivity contribution < 1.29 is 9.53 Å². The van der Waals surface area contributed by atoms with Gasteiger partial charge >= 0.3 is 0 Å². The van der Waals surface area contributed by atoms with Gasteiger partial charge in [0, 0.05) is 44.0 Å². The topological polar surface area (TPSA) is 72.3 Å². The van der Waals surface area contributed by atoms with Crippen LogP contribution >= 0.6 is 23.1 Å². The third-order valence-corrected chi connectivity index (χ3v) is 6.90. The smallest absolute Gasteiger partial charge is 0.220 e. The minimum Gasteiger partial charge on any atom is -0.379 e. The number of benzene rings is 1. The molecule has 0 radical (unpaired) electrons. The van der Waals surface area contributed by atoms with Gasteiger partial charge < -0.3 is 10.1 Å². The summed E-state index contributed by atoms with van der Waals surface area (Å²) < 4.78 is 7.44. The first-order valence-corrected chi connectivity index (χ1v) is 12.4. The molecule has 0 bridgehead atoms. The molecule has 1 aliphatic rings. The molecule has 3 heterocycles. The number of hydrogen-bond acceptors (Lipinski definition) is 7. The zero-order chi connectivity index (χ0) is 21.3. The number of carbonyl (C=O) groups excluding carboxylic acids is 1. The summed E-state index contributed by atoms with van der Waals surface area (Å²) in [6.45, 7) is 5.04. The number of morpholine rings is 1. The van der Waals surface area contributed by atoms with Gasteiger partial charge in [0.15, 0.2) is 11.0 Å². The molecule has 1 amide bonds. The third kappa shape index (κ3) is 6.16. The fourth-order valence-electron chi connectivity index (χ4n) is 3.40. The lowest BCUT2D eigenvalue weighted by molar-refractivity contribution is -0.121. The molecule has 1 fully saturated rings. The first-order chi connectivity index (χ1) is 15.3. The van der Waals surface area contributed by atoms with E-state index in [0.717, 1.165) is 66.6 Å². The number of amides is 1. The van der Waals surface area contributed by atoms with Crippen LogP contribution < -0.4 is 5.32 Å². The van der Waals surface area contributed by atoms with Crippen molar-refractivity contribution in [3.05, 3.63) is 47.8 Å². The molecule has 0 saturated carbocycles. The number of para-hydroxylation sites is 1. The van der Waals surface area contributed by atoms with Gasteiger partial charge in [0.1, 0.15) is 0 Å². The Morgan fingerprint density at radius 1 is 1.13 bits per heavy atom. The van der Waals surface area contributed by atoms with E-state index < -0.39 is 0 Å². The Labute approximate surface area is 190 Å². The molecule has 3 aromatic rings. The highest BCUT2D eigenvalue weighted by molar-refractivity contribution is 7.99. The molecular weight excluding hydrogens is 430 g/mol. The molecule has 31 heavy (non-hydrogen) atoms. The molecule has 7 nitrogen and oxygen atoms in total. The number of hydrogen-bond donors (Lipinski definition) is 1. The summed E-state index contributed by atoms with van der Waals surface area (Å²) >= 11 is 3.29. The average molecular weight is 458 g/mol. The van der Waals surface area contributed by atoms with E-state index in [1.165, 1.54) is 0 Å². The number of carbonyl (C=O) groups is 1. The molecule has 2 aromatic heterocycles. The van der Waals surface area contributed by atoms with Gasteiger partial charge in [-0.1, -0.05) is 36.0 Å². The Hall–Kier alpha value is -2.20. The van der Waals surface area contributed by atoms with E-state index >= 15 is 0 Å². The van der Waals surface area contributed by atoms with Crippen molar-refractivity contribution in [3.8, 4) is 16.4 Å². The minimum absolute atomic E-state index is 0.109. The predicted molar refractivity (Wildman–Crippen MR) is 125 cm³/mol. The summed E-state index contributed by atoms with van der Waals surface area (Å²) in [4.78, 5) is 15.6. The maximum atomic E-state index is 12.1.